The van der Waals surface area contributed by atoms with Gasteiger partial charge in [-0.05, 0) is 6.92 Å². The molecule has 0 aromatic heterocycles. The van der Waals surface area contributed by atoms with Crippen LogP contribution in [-0.2, 0) is 20.9 Å². The molecule has 0 saturated heterocycles. The SMILES string of the molecule is COC(=O)/C=C1\OCc2cc(C)ccc21. The zero-order chi connectivity index (χ0) is 10.8. The minimum Gasteiger partial charge on any atom is -0.488 e. The Kier molecular flexibility index (Phi) is 2.46. The zero-order valence-electron chi connectivity index (χ0n) is 8.74. The maximum absolute atomic E-state index is 11.1. The molecular formula is C12H12O3. The largest absolute Gasteiger partial charge is 0.488 e. The van der Waals surface area contributed by atoms with E-state index in [1.807, 2.05) is 19.1 Å². The molecule has 3 nitrogen and oxygen atoms in total. The van der Waals surface area contributed by atoms with Crippen LogP contribution in [0.5, 0.6) is 0 Å². The van der Waals surface area contributed by atoms with Gasteiger partial charge < -0.3 is 9.47 Å². The van der Waals surface area contributed by atoms with Crippen molar-refractivity contribution < 1.29 is 14.3 Å². The Morgan fingerprint density at radius 2 is 2.33 bits per heavy atom. The van der Waals surface area contributed by atoms with Crippen LogP contribution in [0.3, 0.4) is 0 Å². The second kappa shape index (κ2) is 3.77. The first-order valence-electron chi connectivity index (χ1n) is 4.73. The van der Waals surface area contributed by atoms with E-state index in [1.54, 1.807) is 0 Å². The molecule has 15 heavy (non-hydrogen) atoms. The van der Waals surface area contributed by atoms with Crippen LogP contribution < -0.4 is 0 Å². The van der Waals surface area contributed by atoms with Crippen LogP contribution in [-0.4, -0.2) is 13.1 Å². The molecule has 1 aliphatic rings. The zero-order valence-corrected chi connectivity index (χ0v) is 8.74. The summed E-state index contributed by atoms with van der Waals surface area (Å²) < 4.78 is 9.97. The summed E-state index contributed by atoms with van der Waals surface area (Å²) in [7, 11) is 1.35. The Bertz CT molecular complexity index is 432. The third kappa shape index (κ3) is 1.86. The van der Waals surface area contributed by atoms with E-state index >= 15 is 0 Å². The van der Waals surface area contributed by atoms with Gasteiger partial charge >= 0.3 is 5.97 Å². The summed E-state index contributed by atoms with van der Waals surface area (Å²) >= 11 is 0. The predicted molar refractivity (Wildman–Crippen MR) is 56.0 cm³/mol. The van der Waals surface area contributed by atoms with Crippen molar-refractivity contribution in [3.63, 3.8) is 0 Å². The van der Waals surface area contributed by atoms with Crippen molar-refractivity contribution in [2.45, 2.75) is 13.5 Å². The number of ether oxygens (including phenoxy) is 2. The molecule has 0 aliphatic carbocycles. The Morgan fingerprint density at radius 3 is 3.07 bits per heavy atom. The van der Waals surface area contributed by atoms with E-state index in [0.29, 0.717) is 12.4 Å². The van der Waals surface area contributed by atoms with E-state index < -0.39 is 5.97 Å². The molecule has 1 aromatic rings. The van der Waals surface area contributed by atoms with E-state index in [-0.39, 0.29) is 0 Å². The Labute approximate surface area is 88.3 Å². The molecule has 1 heterocycles. The van der Waals surface area contributed by atoms with Gasteiger partial charge in [-0.3, -0.25) is 0 Å². The topological polar surface area (TPSA) is 35.5 Å². The fourth-order valence-corrected chi connectivity index (χ4v) is 1.60. The second-order valence-electron chi connectivity index (χ2n) is 3.48. The average molecular weight is 204 g/mol. The molecule has 1 aliphatic heterocycles. The fourth-order valence-electron chi connectivity index (χ4n) is 1.60. The van der Waals surface area contributed by atoms with Crippen LogP contribution in [0.15, 0.2) is 24.3 Å². The Balaban J connectivity index is 2.37. The van der Waals surface area contributed by atoms with E-state index in [0.717, 1.165) is 11.1 Å². The van der Waals surface area contributed by atoms with E-state index in [9.17, 15) is 4.79 Å². The second-order valence-corrected chi connectivity index (χ2v) is 3.48. The highest BCUT2D eigenvalue weighted by Gasteiger charge is 2.18. The summed E-state index contributed by atoms with van der Waals surface area (Å²) in [5.74, 6) is 0.204. The summed E-state index contributed by atoms with van der Waals surface area (Å²) in [5.41, 5.74) is 3.29. The molecule has 0 fully saturated rings. The molecule has 0 radical (unpaired) electrons. The first-order chi connectivity index (χ1) is 7.20. The number of benzene rings is 1. The first kappa shape index (κ1) is 9.77. The lowest BCUT2D eigenvalue weighted by atomic mass is 10.1. The van der Waals surface area contributed by atoms with E-state index in [1.165, 1.54) is 18.7 Å². The van der Waals surface area contributed by atoms with Crippen molar-refractivity contribution >= 4 is 11.7 Å². The number of fused-ring (bicyclic) bond motifs is 1. The highest BCUT2D eigenvalue weighted by molar-refractivity contribution is 5.90. The molecule has 0 amide bonds. The summed E-state index contributed by atoms with van der Waals surface area (Å²) in [6, 6.07) is 6.03. The van der Waals surface area contributed by atoms with Crippen molar-refractivity contribution in [3.8, 4) is 0 Å². The number of carbonyl (C=O) groups excluding carboxylic acids is 1. The molecule has 1 aromatic carbocycles. The van der Waals surface area contributed by atoms with Gasteiger partial charge in [0.2, 0.25) is 0 Å². The molecule has 78 valence electrons. The molecule has 2 rings (SSSR count). The lowest BCUT2D eigenvalue weighted by Crippen LogP contribution is -1.96. The third-order valence-corrected chi connectivity index (χ3v) is 2.36. The molecule has 0 unspecified atom stereocenters. The maximum Gasteiger partial charge on any atom is 0.334 e. The van der Waals surface area contributed by atoms with Gasteiger partial charge in [-0.2, -0.15) is 0 Å². The van der Waals surface area contributed by atoms with Gasteiger partial charge in [0.25, 0.3) is 0 Å². The van der Waals surface area contributed by atoms with Gasteiger partial charge in [-0.15, -0.1) is 0 Å². The molecule has 0 saturated carbocycles. The van der Waals surface area contributed by atoms with Gasteiger partial charge in [-0.25, -0.2) is 4.79 Å². The number of carbonyl (C=O) groups is 1. The molecular weight excluding hydrogens is 192 g/mol. The fraction of sp³-hybridized carbons (Fsp3) is 0.250. The Hall–Kier alpha value is -1.77. The van der Waals surface area contributed by atoms with Gasteiger partial charge in [0.15, 0.2) is 0 Å². The lowest BCUT2D eigenvalue weighted by molar-refractivity contribution is -0.134. The van der Waals surface area contributed by atoms with Crippen molar-refractivity contribution in [1.29, 1.82) is 0 Å². The lowest BCUT2D eigenvalue weighted by Gasteiger charge is -1.99. The summed E-state index contributed by atoms with van der Waals surface area (Å²) in [6.07, 6.45) is 1.38. The van der Waals surface area contributed by atoms with Crippen LogP contribution in [0.1, 0.15) is 16.7 Å². The summed E-state index contributed by atoms with van der Waals surface area (Å²) in [6.45, 7) is 2.56. The standard InChI is InChI=1S/C12H12O3/c1-8-3-4-10-9(5-8)7-15-11(10)6-12(13)14-2/h3-6H,7H2,1-2H3/b11-6-. The van der Waals surface area contributed by atoms with Gasteiger partial charge in [-0.1, -0.05) is 23.8 Å². The van der Waals surface area contributed by atoms with Crippen LogP contribution in [0.2, 0.25) is 0 Å². The normalized spacial score (nSPS) is 16.0. The smallest absolute Gasteiger partial charge is 0.334 e. The van der Waals surface area contributed by atoms with Crippen LogP contribution in [0.4, 0.5) is 0 Å². The Morgan fingerprint density at radius 1 is 1.53 bits per heavy atom. The van der Waals surface area contributed by atoms with E-state index in [4.69, 9.17) is 4.74 Å². The summed E-state index contributed by atoms with van der Waals surface area (Å²) in [5, 5.41) is 0. The number of aryl methyl sites for hydroxylation is 1. The number of hydrogen-bond acceptors (Lipinski definition) is 3. The molecule has 0 spiro atoms. The quantitative estimate of drug-likeness (QED) is 0.518. The van der Waals surface area contributed by atoms with Crippen molar-refractivity contribution in [3.05, 3.63) is 41.0 Å². The predicted octanol–water partition coefficient (Wildman–Crippen LogP) is 2.04. The van der Waals surface area contributed by atoms with Crippen molar-refractivity contribution in [1.82, 2.24) is 0 Å². The van der Waals surface area contributed by atoms with Gasteiger partial charge in [0.05, 0.1) is 13.2 Å². The van der Waals surface area contributed by atoms with E-state index in [2.05, 4.69) is 10.8 Å². The van der Waals surface area contributed by atoms with Crippen LogP contribution >= 0.6 is 0 Å². The third-order valence-electron chi connectivity index (χ3n) is 2.36. The van der Waals surface area contributed by atoms with Gasteiger partial charge in [0.1, 0.15) is 12.4 Å². The summed E-state index contributed by atoms with van der Waals surface area (Å²) in [4.78, 5) is 11.1. The van der Waals surface area contributed by atoms with Crippen LogP contribution in [0, 0.1) is 6.92 Å². The van der Waals surface area contributed by atoms with Crippen LogP contribution in [0.25, 0.3) is 5.76 Å². The molecule has 0 bridgehead atoms. The number of hydrogen-bond donors (Lipinski definition) is 0. The molecule has 3 heteroatoms. The number of methoxy groups -OCH3 is 1. The maximum atomic E-state index is 11.1. The number of esters is 1. The molecule has 0 atom stereocenters. The number of rotatable bonds is 1. The highest BCUT2D eigenvalue weighted by atomic mass is 16.5. The monoisotopic (exact) mass is 204 g/mol. The highest BCUT2D eigenvalue weighted by Crippen LogP contribution is 2.30. The minimum absolute atomic E-state index is 0.390. The first-order valence-corrected chi connectivity index (χ1v) is 4.73. The minimum atomic E-state index is -0.390. The average Bonchev–Trinajstić information content (AvgIpc) is 2.60. The van der Waals surface area contributed by atoms with Crippen molar-refractivity contribution in [2.75, 3.05) is 7.11 Å². The van der Waals surface area contributed by atoms with Crippen molar-refractivity contribution in [2.24, 2.45) is 0 Å². The molecule has 0 N–H and O–H groups in total. The van der Waals surface area contributed by atoms with Gasteiger partial charge in [0, 0.05) is 11.1 Å².